The predicted octanol–water partition coefficient (Wildman–Crippen LogP) is 5.06. The van der Waals surface area contributed by atoms with E-state index in [2.05, 4.69) is 15.2 Å². The quantitative estimate of drug-likeness (QED) is 0.621. The minimum atomic E-state index is -4.81. The molecule has 1 aliphatic heterocycles. The molecule has 1 heterocycles. The van der Waals surface area contributed by atoms with Crippen molar-refractivity contribution in [2.24, 2.45) is 10.5 Å². The summed E-state index contributed by atoms with van der Waals surface area (Å²) in [7, 11) is 0. The molecular weight excluding hydrogens is 451 g/mol. The van der Waals surface area contributed by atoms with Crippen molar-refractivity contribution in [1.82, 2.24) is 5.01 Å². The van der Waals surface area contributed by atoms with E-state index in [0.717, 1.165) is 17.1 Å². The number of hydrogen-bond acceptors (Lipinski definition) is 5. The molecule has 0 saturated heterocycles. The fraction of sp³-hybridized carbons (Fsp3) is 0.286. The van der Waals surface area contributed by atoms with E-state index in [1.54, 1.807) is 38.1 Å². The zero-order chi connectivity index (χ0) is 23.5. The minimum Gasteiger partial charge on any atom is -0.465 e. The van der Waals surface area contributed by atoms with Crippen molar-refractivity contribution < 1.29 is 32.2 Å². The third-order valence-electron chi connectivity index (χ3n) is 4.63. The van der Waals surface area contributed by atoms with Gasteiger partial charge in [-0.3, -0.25) is 4.79 Å². The Labute approximate surface area is 186 Å². The Kier molecular flexibility index (Phi) is 6.63. The van der Waals surface area contributed by atoms with Crippen LogP contribution in [0, 0.1) is 5.41 Å². The van der Waals surface area contributed by atoms with Crippen LogP contribution in [0.15, 0.2) is 53.6 Å². The van der Waals surface area contributed by atoms with E-state index in [-0.39, 0.29) is 18.8 Å². The monoisotopic (exact) mass is 469 g/mol. The summed E-state index contributed by atoms with van der Waals surface area (Å²) in [6.45, 7) is 3.35. The zero-order valence-electron chi connectivity index (χ0n) is 17.1. The molecule has 0 aromatic heterocycles. The summed E-state index contributed by atoms with van der Waals surface area (Å²) in [5, 5.41) is 8.43. The van der Waals surface area contributed by atoms with Gasteiger partial charge in [0.1, 0.15) is 11.2 Å². The first-order chi connectivity index (χ1) is 15.0. The Balaban J connectivity index is 1.81. The molecule has 1 atom stereocenters. The smallest absolute Gasteiger partial charge is 0.465 e. The van der Waals surface area contributed by atoms with Crippen molar-refractivity contribution in [3.8, 4) is 5.75 Å². The molecule has 1 unspecified atom stereocenters. The van der Waals surface area contributed by atoms with Gasteiger partial charge < -0.3 is 14.8 Å². The lowest BCUT2D eigenvalue weighted by molar-refractivity contribution is -0.274. The van der Waals surface area contributed by atoms with Crippen molar-refractivity contribution in [2.75, 3.05) is 18.5 Å². The van der Waals surface area contributed by atoms with Gasteiger partial charge in [0.25, 0.3) is 0 Å². The van der Waals surface area contributed by atoms with Crippen LogP contribution >= 0.6 is 11.6 Å². The molecule has 2 amide bonds. The van der Waals surface area contributed by atoms with Gasteiger partial charge in [-0.25, -0.2) is 9.80 Å². The molecule has 3 rings (SSSR count). The molecule has 0 aliphatic carbocycles. The van der Waals surface area contributed by atoms with Gasteiger partial charge in [-0.05, 0) is 55.8 Å². The molecule has 0 bridgehead atoms. The molecular formula is C21H19ClF3N3O4. The summed E-state index contributed by atoms with van der Waals surface area (Å²) in [4.78, 5) is 25.5. The van der Waals surface area contributed by atoms with Crippen LogP contribution in [-0.2, 0) is 9.53 Å². The maximum atomic E-state index is 12.8. The maximum Gasteiger partial charge on any atom is 0.573 e. The number of amides is 2. The van der Waals surface area contributed by atoms with E-state index in [1.807, 2.05) is 0 Å². The van der Waals surface area contributed by atoms with Gasteiger partial charge in [-0.2, -0.15) is 5.10 Å². The standard InChI is InChI=1S/C21H19ClF3N3O4/c1-3-31-18(29)20(2)12-28(27-17(20)13-4-6-14(22)7-5-13)19(30)26-15-8-10-16(11-9-15)32-21(23,24)25/h4-11H,3,12H2,1-2H3,(H,26,30). The number of nitrogens with one attached hydrogen (secondary N) is 1. The summed E-state index contributed by atoms with van der Waals surface area (Å²) < 4.78 is 45.9. The van der Waals surface area contributed by atoms with Gasteiger partial charge >= 0.3 is 18.4 Å². The molecule has 1 aliphatic rings. The van der Waals surface area contributed by atoms with Crippen molar-refractivity contribution in [3.05, 3.63) is 59.1 Å². The number of esters is 1. The van der Waals surface area contributed by atoms with E-state index < -0.39 is 29.5 Å². The molecule has 32 heavy (non-hydrogen) atoms. The second-order valence-corrected chi connectivity index (χ2v) is 7.50. The Morgan fingerprint density at radius 3 is 2.34 bits per heavy atom. The number of carbonyl (C=O) groups is 2. The summed E-state index contributed by atoms with van der Waals surface area (Å²) >= 11 is 5.94. The normalized spacial score (nSPS) is 18.2. The number of carbonyl (C=O) groups excluding carboxylic acids is 2. The van der Waals surface area contributed by atoms with Gasteiger partial charge in [0.15, 0.2) is 0 Å². The lowest BCUT2D eigenvalue weighted by Crippen LogP contribution is -2.42. The van der Waals surface area contributed by atoms with Crippen LogP contribution in [0.3, 0.4) is 0 Å². The Morgan fingerprint density at radius 1 is 1.16 bits per heavy atom. The Morgan fingerprint density at radius 2 is 1.78 bits per heavy atom. The third kappa shape index (κ3) is 5.31. The van der Waals surface area contributed by atoms with Crippen molar-refractivity contribution in [2.45, 2.75) is 20.2 Å². The molecule has 0 fully saturated rings. The number of ether oxygens (including phenoxy) is 2. The fourth-order valence-electron chi connectivity index (χ4n) is 3.12. The summed E-state index contributed by atoms with van der Waals surface area (Å²) in [6.07, 6.45) is -4.81. The highest BCUT2D eigenvalue weighted by molar-refractivity contribution is 6.30. The molecule has 1 N–H and O–H groups in total. The topological polar surface area (TPSA) is 80.2 Å². The van der Waals surface area contributed by atoms with Crippen LogP contribution < -0.4 is 10.1 Å². The van der Waals surface area contributed by atoms with E-state index in [9.17, 15) is 22.8 Å². The van der Waals surface area contributed by atoms with Gasteiger partial charge in [0.2, 0.25) is 0 Å². The van der Waals surface area contributed by atoms with Crippen LogP contribution in [-0.4, -0.2) is 42.2 Å². The fourth-order valence-corrected chi connectivity index (χ4v) is 3.25. The first-order valence-electron chi connectivity index (χ1n) is 9.48. The molecule has 0 spiro atoms. The summed E-state index contributed by atoms with van der Waals surface area (Å²) in [5.41, 5.74) is -0.0888. The molecule has 2 aromatic rings. The van der Waals surface area contributed by atoms with E-state index >= 15 is 0 Å². The number of halogens is 4. The van der Waals surface area contributed by atoms with E-state index in [0.29, 0.717) is 16.3 Å². The molecule has 0 radical (unpaired) electrons. The average Bonchev–Trinajstić information content (AvgIpc) is 3.08. The molecule has 7 nitrogen and oxygen atoms in total. The van der Waals surface area contributed by atoms with Crippen LogP contribution in [0.5, 0.6) is 5.75 Å². The SMILES string of the molecule is CCOC(=O)C1(C)CN(C(=O)Nc2ccc(OC(F)(F)F)cc2)N=C1c1ccc(Cl)cc1. The third-order valence-corrected chi connectivity index (χ3v) is 4.88. The second kappa shape index (κ2) is 9.07. The van der Waals surface area contributed by atoms with Crippen molar-refractivity contribution in [3.63, 3.8) is 0 Å². The first-order valence-corrected chi connectivity index (χ1v) is 9.86. The lowest BCUT2D eigenvalue weighted by Gasteiger charge is -2.24. The number of alkyl halides is 3. The van der Waals surface area contributed by atoms with Crippen LogP contribution in [0.4, 0.5) is 23.7 Å². The number of hydrogen-bond donors (Lipinski definition) is 1. The van der Waals surface area contributed by atoms with E-state index in [4.69, 9.17) is 16.3 Å². The summed E-state index contributed by atoms with van der Waals surface area (Å²) in [5.74, 6) is -0.966. The lowest BCUT2D eigenvalue weighted by atomic mass is 9.82. The number of benzene rings is 2. The highest BCUT2D eigenvalue weighted by Gasteiger charge is 2.48. The average molecular weight is 470 g/mol. The summed E-state index contributed by atoms with van der Waals surface area (Å²) in [6, 6.07) is 10.6. The van der Waals surface area contributed by atoms with Crippen LogP contribution in [0.2, 0.25) is 5.02 Å². The maximum absolute atomic E-state index is 12.8. The van der Waals surface area contributed by atoms with E-state index in [1.165, 1.54) is 12.1 Å². The largest absolute Gasteiger partial charge is 0.573 e. The Hall–Kier alpha value is -3.27. The number of anilines is 1. The molecule has 2 aromatic carbocycles. The molecule has 11 heteroatoms. The second-order valence-electron chi connectivity index (χ2n) is 7.07. The minimum absolute atomic E-state index is 0.0924. The van der Waals surface area contributed by atoms with Crippen molar-refractivity contribution in [1.29, 1.82) is 0 Å². The van der Waals surface area contributed by atoms with Crippen molar-refractivity contribution >= 4 is 35.0 Å². The highest BCUT2D eigenvalue weighted by Crippen LogP contribution is 2.33. The number of nitrogens with zero attached hydrogens (tertiary/aromatic N) is 2. The van der Waals surface area contributed by atoms with Gasteiger partial charge in [0.05, 0.1) is 18.9 Å². The highest BCUT2D eigenvalue weighted by atomic mass is 35.5. The Bertz CT molecular complexity index is 1030. The predicted molar refractivity (Wildman–Crippen MR) is 112 cm³/mol. The zero-order valence-corrected chi connectivity index (χ0v) is 17.8. The van der Waals surface area contributed by atoms with Gasteiger partial charge in [-0.15, -0.1) is 13.2 Å². The molecule has 0 saturated carbocycles. The van der Waals surface area contributed by atoms with Crippen LogP contribution in [0.25, 0.3) is 0 Å². The molecule has 170 valence electrons. The van der Waals surface area contributed by atoms with Gasteiger partial charge in [-0.1, -0.05) is 23.7 Å². The number of rotatable bonds is 5. The first kappa shape index (κ1) is 23.4. The van der Waals surface area contributed by atoms with Gasteiger partial charge in [0, 0.05) is 10.7 Å². The number of urea groups is 1. The number of hydrazone groups is 1. The van der Waals surface area contributed by atoms with Crippen LogP contribution in [0.1, 0.15) is 19.4 Å².